The molecular formula is C6H5BrN2O2. The number of nitrogens with two attached hydrogens (primary N) is 1. The fourth-order valence-electron chi connectivity index (χ4n) is 0.611. The molecule has 0 fully saturated rings. The Balaban J connectivity index is 3.27. The third-order valence-corrected chi connectivity index (χ3v) is 1.75. The first kappa shape index (κ1) is 8.00. The van der Waals surface area contributed by atoms with E-state index < -0.39 is 5.91 Å². The van der Waals surface area contributed by atoms with Gasteiger partial charge in [-0.15, -0.1) is 0 Å². The number of carbonyl (C=O) groups excluding carboxylic acids is 1. The summed E-state index contributed by atoms with van der Waals surface area (Å²) >= 11 is 3.02. The maximum Gasteiger partial charge on any atom is 0.271 e. The molecule has 0 aliphatic carbocycles. The summed E-state index contributed by atoms with van der Waals surface area (Å²) < 4.78 is 0.404. The predicted molar refractivity (Wildman–Crippen MR) is 42.1 cm³/mol. The van der Waals surface area contributed by atoms with Gasteiger partial charge in [0, 0.05) is 6.20 Å². The van der Waals surface area contributed by atoms with Crippen molar-refractivity contribution in [1.82, 2.24) is 4.98 Å². The smallest absolute Gasteiger partial charge is 0.271 e. The van der Waals surface area contributed by atoms with Crippen LogP contribution in [0.15, 0.2) is 16.7 Å². The number of rotatable bonds is 1. The van der Waals surface area contributed by atoms with Crippen LogP contribution >= 0.6 is 15.9 Å². The standard InChI is InChI=1S/C6H5BrN2O2/c7-3-1-2-9-4(5(3)10)6(8)11/h1-2,10H,(H2,8,11). The Morgan fingerprint density at radius 1 is 1.73 bits per heavy atom. The second-order valence-corrected chi connectivity index (χ2v) is 2.71. The van der Waals surface area contributed by atoms with Crippen LogP contribution in [-0.4, -0.2) is 16.0 Å². The van der Waals surface area contributed by atoms with Crippen molar-refractivity contribution in [2.75, 3.05) is 0 Å². The van der Waals surface area contributed by atoms with Crippen LogP contribution in [0.4, 0.5) is 0 Å². The first-order chi connectivity index (χ1) is 5.13. The van der Waals surface area contributed by atoms with Crippen molar-refractivity contribution in [2.45, 2.75) is 0 Å². The fourth-order valence-corrected chi connectivity index (χ4v) is 0.917. The minimum absolute atomic E-state index is 0.126. The van der Waals surface area contributed by atoms with Crippen LogP contribution in [-0.2, 0) is 0 Å². The highest BCUT2D eigenvalue weighted by atomic mass is 79.9. The molecule has 0 aliphatic rings. The van der Waals surface area contributed by atoms with Crippen LogP contribution in [0.1, 0.15) is 10.5 Å². The number of aromatic hydroxyl groups is 1. The van der Waals surface area contributed by atoms with E-state index in [-0.39, 0.29) is 11.4 Å². The van der Waals surface area contributed by atoms with Crippen LogP contribution in [0.2, 0.25) is 0 Å². The van der Waals surface area contributed by atoms with Gasteiger partial charge in [-0.2, -0.15) is 0 Å². The summed E-state index contributed by atoms with van der Waals surface area (Å²) in [5, 5.41) is 9.16. The molecule has 1 aromatic rings. The van der Waals surface area contributed by atoms with Crippen molar-refractivity contribution in [3.8, 4) is 5.75 Å². The molecular weight excluding hydrogens is 212 g/mol. The lowest BCUT2D eigenvalue weighted by molar-refractivity contribution is 0.0992. The summed E-state index contributed by atoms with van der Waals surface area (Å²) in [4.78, 5) is 14.1. The minimum Gasteiger partial charge on any atom is -0.504 e. The lowest BCUT2D eigenvalue weighted by Gasteiger charge is -1.99. The van der Waals surface area contributed by atoms with Gasteiger partial charge in [-0.3, -0.25) is 4.79 Å². The molecule has 58 valence electrons. The van der Waals surface area contributed by atoms with Gasteiger partial charge in [0.25, 0.3) is 5.91 Å². The van der Waals surface area contributed by atoms with Gasteiger partial charge < -0.3 is 10.8 Å². The predicted octanol–water partition coefficient (Wildman–Crippen LogP) is 0.649. The van der Waals surface area contributed by atoms with E-state index in [4.69, 9.17) is 10.8 Å². The zero-order valence-corrected chi connectivity index (χ0v) is 7.00. The van der Waals surface area contributed by atoms with E-state index in [9.17, 15) is 4.79 Å². The SMILES string of the molecule is NC(=O)c1nccc(Br)c1O. The van der Waals surface area contributed by atoms with Gasteiger partial charge in [0.2, 0.25) is 0 Å². The highest BCUT2D eigenvalue weighted by Gasteiger charge is 2.10. The molecule has 0 bridgehead atoms. The summed E-state index contributed by atoms with van der Waals surface area (Å²) in [6, 6.07) is 1.52. The Morgan fingerprint density at radius 2 is 2.36 bits per heavy atom. The summed E-state index contributed by atoms with van der Waals surface area (Å²) in [7, 11) is 0. The number of pyridine rings is 1. The minimum atomic E-state index is -0.746. The van der Waals surface area contributed by atoms with Gasteiger partial charge in [0.1, 0.15) is 0 Å². The van der Waals surface area contributed by atoms with Crippen molar-refractivity contribution in [3.63, 3.8) is 0 Å². The third kappa shape index (κ3) is 1.48. The number of amides is 1. The van der Waals surface area contributed by atoms with Crippen molar-refractivity contribution in [3.05, 3.63) is 22.4 Å². The fraction of sp³-hybridized carbons (Fsp3) is 0. The van der Waals surface area contributed by atoms with Gasteiger partial charge >= 0.3 is 0 Å². The lowest BCUT2D eigenvalue weighted by atomic mass is 10.3. The van der Waals surface area contributed by atoms with E-state index in [1.807, 2.05) is 0 Å². The van der Waals surface area contributed by atoms with E-state index in [0.717, 1.165) is 0 Å². The van der Waals surface area contributed by atoms with Gasteiger partial charge in [-0.1, -0.05) is 0 Å². The number of primary amides is 1. The Hall–Kier alpha value is -1.10. The summed E-state index contributed by atoms with van der Waals surface area (Å²) in [5.74, 6) is -0.969. The Bertz CT molecular complexity index is 301. The van der Waals surface area contributed by atoms with E-state index in [0.29, 0.717) is 4.47 Å². The molecule has 3 N–H and O–H groups in total. The molecule has 0 saturated heterocycles. The van der Waals surface area contributed by atoms with Crippen LogP contribution in [0.5, 0.6) is 5.75 Å². The number of halogens is 1. The molecule has 0 aromatic carbocycles. The molecule has 4 nitrogen and oxygen atoms in total. The summed E-state index contributed by atoms with van der Waals surface area (Å²) in [6.45, 7) is 0. The molecule has 5 heteroatoms. The number of hydrogen-bond acceptors (Lipinski definition) is 3. The maximum absolute atomic E-state index is 10.6. The molecule has 0 aliphatic heterocycles. The van der Waals surface area contributed by atoms with Crippen molar-refractivity contribution in [1.29, 1.82) is 0 Å². The lowest BCUT2D eigenvalue weighted by Crippen LogP contribution is -2.13. The van der Waals surface area contributed by atoms with E-state index in [2.05, 4.69) is 20.9 Å². The Morgan fingerprint density at radius 3 is 2.82 bits per heavy atom. The topological polar surface area (TPSA) is 76.2 Å². The Kier molecular flexibility index (Phi) is 2.09. The number of hydrogen-bond donors (Lipinski definition) is 2. The highest BCUT2D eigenvalue weighted by Crippen LogP contribution is 2.24. The molecule has 0 spiro atoms. The van der Waals surface area contributed by atoms with E-state index in [1.165, 1.54) is 12.3 Å². The van der Waals surface area contributed by atoms with Gasteiger partial charge in [-0.05, 0) is 22.0 Å². The molecule has 1 aromatic heterocycles. The van der Waals surface area contributed by atoms with E-state index in [1.54, 1.807) is 0 Å². The largest absolute Gasteiger partial charge is 0.504 e. The zero-order chi connectivity index (χ0) is 8.43. The zero-order valence-electron chi connectivity index (χ0n) is 5.41. The van der Waals surface area contributed by atoms with E-state index >= 15 is 0 Å². The first-order valence-corrected chi connectivity index (χ1v) is 3.55. The molecule has 1 rings (SSSR count). The summed E-state index contributed by atoms with van der Waals surface area (Å²) in [5.41, 5.74) is 4.78. The van der Waals surface area contributed by atoms with Crippen molar-refractivity contribution in [2.24, 2.45) is 5.73 Å². The molecule has 0 radical (unpaired) electrons. The second kappa shape index (κ2) is 2.87. The first-order valence-electron chi connectivity index (χ1n) is 2.76. The molecule has 0 unspecified atom stereocenters. The number of carbonyl (C=O) groups is 1. The molecule has 0 saturated carbocycles. The van der Waals surface area contributed by atoms with Crippen LogP contribution in [0, 0.1) is 0 Å². The normalized spacial score (nSPS) is 9.55. The third-order valence-electron chi connectivity index (χ3n) is 1.11. The molecule has 1 amide bonds. The van der Waals surface area contributed by atoms with Crippen LogP contribution in [0.3, 0.4) is 0 Å². The highest BCUT2D eigenvalue weighted by molar-refractivity contribution is 9.10. The maximum atomic E-state index is 10.6. The van der Waals surface area contributed by atoms with Gasteiger partial charge in [0.05, 0.1) is 4.47 Å². The average Bonchev–Trinajstić information content (AvgIpc) is 1.94. The number of nitrogens with zero attached hydrogens (tertiary/aromatic N) is 1. The second-order valence-electron chi connectivity index (χ2n) is 1.85. The Labute approximate surface area is 71.2 Å². The average molecular weight is 217 g/mol. The van der Waals surface area contributed by atoms with Crippen molar-refractivity contribution < 1.29 is 9.90 Å². The van der Waals surface area contributed by atoms with Crippen LogP contribution < -0.4 is 5.73 Å². The van der Waals surface area contributed by atoms with Crippen molar-refractivity contribution >= 4 is 21.8 Å². The number of aromatic nitrogens is 1. The quantitative estimate of drug-likeness (QED) is 0.724. The van der Waals surface area contributed by atoms with Crippen LogP contribution in [0.25, 0.3) is 0 Å². The van der Waals surface area contributed by atoms with Gasteiger partial charge in [0.15, 0.2) is 11.4 Å². The molecule has 11 heavy (non-hydrogen) atoms. The van der Waals surface area contributed by atoms with Gasteiger partial charge in [-0.25, -0.2) is 4.98 Å². The monoisotopic (exact) mass is 216 g/mol. The summed E-state index contributed by atoms with van der Waals surface area (Å²) in [6.07, 6.45) is 1.38. The molecule has 0 atom stereocenters. The molecule has 1 heterocycles.